The van der Waals surface area contributed by atoms with E-state index in [9.17, 15) is 4.79 Å². The van der Waals surface area contributed by atoms with E-state index < -0.39 is 0 Å². The van der Waals surface area contributed by atoms with Crippen LogP contribution in [0, 0.1) is 0 Å². The summed E-state index contributed by atoms with van der Waals surface area (Å²) in [6.07, 6.45) is 0. The van der Waals surface area contributed by atoms with Crippen LogP contribution in [-0.4, -0.2) is 5.78 Å². The summed E-state index contributed by atoms with van der Waals surface area (Å²) in [6.45, 7) is 0. The number of anilines is 1. The molecular weight excluding hydrogens is 381 g/mol. The van der Waals surface area contributed by atoms with Crippen molar-refractivity contribution in [2.45, 2.75) is 0 Å². The van der Waals surface area contributed by atoms with Gasteiger partial charge in [-0.3, -0.25) is 4.79 Å². The maximum Gasteiger partial charge on any atom is 0.193 e. The molecule has 0 aliphatic heterocycles. The molecule has 0 atom stereocenters. The molecule has 0 aliphatic carbocycles. The van der Waals surface area contributed by atoms with Crippen LogP contribution in [0.25, 0.3) is 0 Å². The molecule has 0 bridgehead atoms. The van der Waals surface area contributed by atoms with E-state index in [4.69, 9.17) is 17.3 Å². The van der Waals surface area contributed by atoms with Crippen LogP contribution in [0.5, 0.6) is 0 Å². The zero-order chi connectivity index (χ0) is 13.3. The van der Waals surface area contributed by atoms with Gasteiger partial charge in [0.05, 0.1) is 5.02 Å². The maximum atomic E-state index is 12.2. The van der Waals surface area contributed by atoms with Gasteiger partial charge in [0, 0.05) is 25.8 Å². The predicted molar refractivity (Wildman–Crippen MR) is 81.1 cm³/mol. The largest absolute Gasteiger partial charge is 0.398 e. The molecule has 0 spiro atoms. The van der Waals surface area contributed by atoms with Gasteiger partial charge < -0.3 is 5.73 Å². The number of hydrogen-bond acceptors (Lipinski definition) is 2. The average molecular weight is 389 g/mol. The van der Waals surface area contributed by atoms with E-state index in [0.29, 0.717) is 30.8 Å². The standard InChI is InChI=1S/C13H8Br2ClNO/c14-9-5-7(1-3-11(9)16)13(18)8-2-4-12(17)10(15)6-8/h1-6H,17H2. The first-order valence-corrected chi connectivity index (χ1v) is 7.00. The highest BCUT2D eigenvalue weighted by atomic mass is 79.9. The third kappa shape index (κ3) is 2.76. The van der Waals surface area contributed by atoms with Gasteiger partial charge in [0.2, 0.25) is 0 Å². The lowest BCUT2D eigenvalue weighted by Crippen LogP contribution is -2.02. The highest BCUT2D eigenvalue weighted by Crippen LogP contribution is 2.26. The number of benzene rings is 2. The van der Waals surface area contributed by atoms with Crippen LogP contribution in [0.3, 0.4) is 0 Å². The van der Waals surface area contributed by atoms with E-state index in [1.807, 2.05) is 0 Å². The fraction of sp³-hybridized carbons (Fsp3) is 0. The third-order valence-electron chi connectivity index (χ3n) is 2.44. The SMILES string of the molecule is Nc1ccc(C(=O)c2ccc(Cl)c(Br)c2)cc1Br. The van der Waals surface area contributed by atoms with Crippen molar-refractivity contribution in [3.8, 4) is 0 Å². The summed E-state index contributed by atoms with van der Waals surface area (Å²) in [7, 11) is 0. The van der Waals surface area contributed by atoms with Crippen molar-refractivity contribution < 1.29 is 4.79 Å². The smallest absolute Gasteiger partial charge is 0.193 e. The lowest BCUT2D eigenvalue weighted by molar-refractivity contribution is 0.103. The van der Waals surface area contributed by atoms with Crippen molar-refractivity contribution in [1.82, 2.24) is 0 Å². The molecule has 0 heterocycles. The first-order valence-electron chi connectivity index (χ1n) is 5.04. The summed E-state index contributed by atoms with van der Waals surface area (Å²) in [5.74, 6) is -0.0759. The highest BCUT2D eigenvalue weighted by molar-refractivity contribution is 9.11. The fourth-order valence-electron chi connectivity index (χ4n) is 1.47. The number of nitrogens with two attached hydrogens (primary N) is 1. The lowest BCUT2D eigenvalue weighted by atomic mass is 10.0. The number of ketones is 1. The van der Waals surface area contributed by atoms with Gasteiger partial charge in [0.25, 0.3) is 0 Å². The van der Waals surface area contributed by atoms with Gasteiger partial charge in [-0.15, -0.1) is 0 Å². The summed E-state index contributed by atoms with van der Waals surface area (Å²) in [5, 5.41) is 0.574. The van der Waals surface area contributed by atoms with Crippen LogP contribution < -0.4 is 5.73 Å². The Hall–Kier alpha value is -0.840. The first-order chi connectivity index (χ1) is 8.49. The topological polar surface area (TPSA) is 43.1 Å². The second-order valence-electron chi connectivity index (χ2n) is 3.69. The van der Waals surface area contributed by atoms with Crippen molar-refractivity contribution in [3.63, 3.8) is 0 Å². The number of hydrogen-bond donors (Lipinski definition) is 1. The molecule has 92 valence electrons. The summed E-state index contributed by atoms with van der Waals surface area (Å²) < 4.78 is 1.41. The molecule has 0 unspecified atom stereocenters. The van der Waals surface area contributed by atoms with E-state index in [2.05, 4.69) is 31.9 Å². The van der Waals surface area contributed by atoms with Crippen LogP contribution >= 0.6 is 43.5 Å². The van der Waals surface area contributed by atoms with Gasteiger partial charge in [-0.1, -0.05) is 11.6 Å². The molecule has 0 saturated carbocycles. The zero-order valence-electron chi connectivity index (χ0n) is 9.08. The second-order valence-corrected chi connectivity index (χ2v) is 5.81. The van der Waals surface area contributed by atoms with Crippen molar-refractivity contribution in [2.75, 3.05) is 5.73 Å². The van der Waals surface area contributed by atoms with Gasteiger partial charge in [0.15, 0.2) is 5.78 Å². The van der Waals surface area contributed by atoms with Crippen molar-refractivity contribution in [1.29, 1.82) is 0 Å². The Bertz CT molecular complexity index is 575. The Kier molecular flexibility index (Phi) is 4.10. The molecule has 0 amide bonds. The molecule has 2 aromatic carbocycles. The third-order valence-corrected chi connectivity index (χ3v) is 4.35. The van der Waals surface area contributed by atoms with Crippen molar-refractivity contribution in [2.24, 2.45) is 0 Å². The number of halogens is 3. The number of rotatable bonds is 2. The molecule has 0 saturated heterocycles. The Morgan fingerprint density at radius 1 is 1.00 bits per heavy atom. The predicted octanol–water partition coefficient (Wildman–Crippen LogP) is 4.68. The summed E-state index contributed by atoms with van der Waals surface area (Å²) >= 11 is 12.5. The van der Waals surface area contributed by atoms with Crippen LogP contribution in [0.2, 0.25) is 5.02 Å². The molecule has 5 heteroatoms. The Morgan fingerprint density at radius 2 is 1.56 bits per heavy atom. The minimum absolute atomic E-state index is 0.0759. The fourth-order valence-corrected chi connectivity index (χ4v) is 2.35. The van der Waals surface area contributed by atoms with Gasteiger partial charge in [-0.05, 0) is 68.3 Å². The molecule has 0 aliphatic rings. The summed E-state index contributed by atoms with van der Waals surface area (Å²) in [6, 6.07) is 10.2. The normalized spacial score (nSPS) is 10.4. The monoisotopic (exact) mass is 387 g/mol. The van der Waals surface area contributed by atoms with Gasteiger partial charge >= 0.3 is 0 Å². The van der Waals surface area contributed by atoms with Crippen LogP contribution in [-0.2, 0) is 0 Å². The molecule has 2 aromatic rings. The molecule has 0 fully saturated rings. The lowest BCUT2D eigenvalue weighted by Gasteiger charge is -2.05. The summed E-state index contributed by atoms with van der Waals surface area (Å²) in [5.41, 5.74) is 7.44. The number of nitrogen functional groups attached to an aromatic ring is 1. The minimum atomic E-state index is -0.0759. The number of carbonyl (C=O) groups is 1. The van der Waals surface area contributed by atoms with Crippen LogP contribution in [0.1, 0.15) is 15.9 Å². The van der Waals surface area contributed by atoms with E-state index >= 15 is 0 Å². The molecule has 2 rings (SSSR count). The van der Waals surface area contributed by atoms with Gasteiger partial charge in [-0.25, -0.2) is 0 Å². The highest BCUT2D eigenvalue weighted by Gasteiger charge is 2.11. The molecule has 18 heavy (non-hydrogen) atoms. The first kappa shape index (κ1) is 13.6. The number of carbonyl (C=O) groups excluding carboxylic acids is 1. The van der Waals surface area contributed by atoms with E-state index in [-0.39, 0.29) is 5.78 Å². The van der Waals surface area contributed by atoms with Gasteiger partial charge in [0.1, 0.15) is 0 Å². The Morgan fingerprint density at radius 3 is 2.11 bits per heavy atom. The second kappa shape index (κ2) is 5.43. The van der Waals surface area contributed by atoms with Gasteiger partial charge in [-0.2, -0.15) is 0 Å². The van der Waals surface area contributed by atoms with E-state index in [1.165, 1.54) is 0 Å². The van der Waals surface area contributed by atoms with Crippen molar-refractivity contribution >= 4 is 54.9 Å². The Balaban J connectivity index is 2.41. The quantitative estimate of drug-likeness (QED) is 0.599. The zero-order valence-corrected chi connectivity index (χ0v) is 13.0. The molecule has 2 nitrogen and oxygen atoms in total. The Labute approximate surface area is 126 Å². The van der Waals surface area contributed by atoms with E-state index in [0.717, 1.165) is 0 Å². The maximum absolute atomic E-state index is 12.2. The van der Waals surface area contributed by atoms with Crippen molar-refractivity contribution in [3.05, 3.63) is 61.5 Å². The molecule has 2 N–H and O–H groups in total. The minimum Gasteiger partial charge on any atom is -0.398 e. The molecular formula is C13H8Br2ClNO. The molecule has 0 aromatic heterocycles. The van der Waals surface area contributed by atoms with Crippen LogP contribution in [0.4, 0.5) is 5.69 Å². The van der Waals surface area contributed by atoms with E-state index in [1.54, 1.807) is 36.4 Å². The van der Waals surface area contributed by atoms with Crippen LogP contribution in [0.15, 0.2) is 45.3 Å². The summed E-state index contributed by atoms with van der Waals surface area (Å²) in [4.78, 5) is 12.2. The average Bonchev–Trinajstić information content (AvgIpc) is 2.35. The molecule has 0 radical (unpaired) electrons.